The predicted octanol–water partition coefficient (Wildman–Crippen LogP) is 6.67. The van der Waals surface area contributed by atoms with Gasteiger partial charge in [-0.1, -0.05) is 51.1 Å². The Morgan fingerprint density at radius 3 is 2.16 bits per heavy atom. The highest BCUT2D eigenvalue weighted by Crippen LogP contribution is 2.51. The number of carbonyl (C=O) groups is 4. The largest absolute Gasteiger partial charge is 0.407 e. The van der Waals surface area contributed by atoms with Crippen molar-refractivity contribution >= 4 is 46.1 Å². The van der Waals surface area contributed by atoms with E-state index in [0.29, 0.717) is 24.6 Å². The maximum Gasteiger partial charge on any atom is 0.351 e. The number of aromatic nitrogens is 2. The van der Waals surface area contributed by atoms with E-state index >= 15 is 0 Å². The summed E-state index contributed by atoms with van der Waals surface area (Å²) in [6.07, 6.45) is -0.228. The van der Waals surface area contributed by atoms with Gasteiger partial charge in [0.25, 0.3) is 17.7 Å². The van der Waals surface area contributed by atoms with E-state index in [9.17, 15) is 29.2 Å². The summed E-state index contributed by atoms with van der Waals surface area (Å²) in [5, 5.41) is 11.9. The zero-order valence-corrected chi connectivity index (χ0v) is 40.0. The highest BCUT2D eigenvalue weighted by atomic mass is 31.2. The van der Waals surface area contributed by atoms with Crippen LogP contribution in [0.15, 0.2) is 71.7 Å². The predicted molar refractivity (Wildman–Crippen MR) is 243 cm³/mol. The third-order valence-corrected chi connectivity index (χ3v) is 18.7. The van der Waals surface area contributed by atoms with E-state index in [-0.39, 0.29) is 53.8 Å². The summed E-state index contributed by atoms with van der Waals surface area (Å²) in [6.45, 7) is 18.8. The van der Waals surface area contributed by atoms with Gasteiger partial charge < -0.3 is 28.6 Å². The minimum atomic E-state index is -2.61. The van der Waals surface area contributed by atoms with Crippen molar-refractivity contribution in [2.45, 2.75) is 116 Å². The Hall–Kier alpha value is -4.66. The Kier molecular flexibility index (Phi) is 16.7. The van der Waals surface area contributed by atoms with Crippen molar-refractivity contribution in [1.82, 2.24) is 24.0 Å². The molecule has 0 aliphatic carbocycles. The number of rotatable bonds is 20. The van der Waals surface area contributed by atoms with Crippen LogP contribution in [0.5, 0.6) is 0 Å². The lowest BCUT2D eigenvalue weighted by Gasteiger charge is -2.43. The van der Waals surface area contributed by atoms with Gasteiger partial charge in [0.15, 0.2) is 14.5 Å². The lowest BCUT2D eigenvalue weighted by atomic mass is 10.1. The van der Waals surface area contributed by atoms with Crippen LogP contribution in [0.2, 0.25) is 18.1 Å². The second-order valence-corrected chi connectivity index (χ2v) is 24.4. The van der Waals surface area contributed by atoms with Gasteiger partial charge in [-0.3, -0.25) is 33.3 Å². The molecular weight excluding hydrogens is 842 g/mol. The number of amides is 4. The number of likely N-dealkylation sites (N-methyl/N-ethyl adjacent to an activating group) is 1. The van der Waals surface area contributed by atoms with Crippen LogP contribution in [-0.4, -0.2) is 126 Å². The van der Waals surface area contributed by atoms with Crippen LogP contribution in [0.25, 0.3) is 0 Å². The van der Waals surface area contributed by atoms with E-state index in [1.165, 1.54) is 21.7 Å². The number of carbonyl (C=O) groups excluding carboxylic acids is 4. The third-order valence-electron chi connectivity index (χ3n) is 11.6. The Labute approximate surface area is 372 Å². The minimum absolute atomic E-state index is 0.00289. The lowest BCUT2D eigenvalue weighted by molar-refractivity contribution is -0.131. The number of nitriles is 1. The van der Waals surface area contributed by atoms with Crippen molar-refractivity contribution in [2.24, 2.45) is 0 Å². The van der Waals surface area contributed by atoms with Crippen LogP contribution in [-0.2, 0) is 23.2 Å². The van der Waals surface area contributed by atoms with Gasteiger partial charge in [-0.15, -0.1) is 0 Å². The molecule has 16 nitrogen and oxygen atoms in total. The van der Waals surface area contributed by atoms with Crippen LogP contribution in [0.4, 0.5) is 5.82 Å². The number of nitrogens with one attached hydrogen (secondary N) is 1. The molecule has 1 saturated heterocycles. The first-order valence-electron chi connectivity index (χ1n) is 21.4. The number of nitrogens with zero attached hydrogens (tertiary/aromatic N) is 6. The van der Waals surface area contributed by atoms with Crippen LogP contribution >= 0.6 is 8.30 Å². The number of hydrogen-bond donors (Lipinski definition) is 1. The highest BCUT2D eigenvalue weighted by molar-refractivity contribution is 7.50. The maximum absolute atomic E-state index is 14.0. The molecule has 1 aromatic heterocycles. The minimum Gasteiger partial charge on any atom is -0.407 e. The van der Waals surface area contributed by atoms with Gasteiger partial charge in [0.1, 0.15) is 39.0 Å². The number of fused-ring (bicyclic) bond motifs is 1. The second kappa shape index (κ2) is 21.3. The summed E-state index contributed by atoms with van der Waals surface area (Å²) in [5.41, 5.74) is 0.280. The summed E-state index contributed by atoms with van der Waals surface area (Å²) in [4.78, 5) is 72.6. The zero-order valence-electron chi connectivity index (χ0n) is 38.1. The van der Waals surface area contributed by atoms with Crippen molar-refractivity contribution < 1.29 is 37.6 Å². The van der Waals surface area contributed by atoms with Crippen LogP contribution in [0, 0.1) is 11.3 Å². The fourth-order valence-electron chi connectivity index (χ4n) is 7.22. The Morgan fingerprint density at radius 1 is 0.968 bits per heavy atom. The third kappa shape index (κ3) is 11.9. The van der Waals surface area contributed by atoms with Crippen LogP contribution in [0.3, 0.4) is 0 Å². The van der Waals surface area contributed by atoms with Gasteiger partial charge in [-0.05, 0) is 82.6 Å². The van der Waals surface area contributed by atoms with E-state index in [1.54, 1.807) is 61.6 Å². The highest BCUT2D eigenvalue weighted by Gasteiger charge is 2.53. The van der Waals surface area contributed by atoms with Crippen molar-refractivity contribution in [3.8, 4) is 6.07 Å². The number of imide groups is 1. The van der Waals surface area contributed by atoms with Crippen molar-refractivity contribution in [2.75, 3.05) is 44.8 Å². The molecule has 1 N–H and O–H groups in total. The number of anilines is 1. The molecule has 2 aliphatic rings. The molecule has 1 fully saturated rings. The molecule has 2 unspecified atom stereocenters. The molecule has 4 amide bonds. The molecule has 5 atom stereocenters. The molecule has 63 heavy (non-hydrogen) atoms. The summed E-state index contributed by atoms with van der Waals surface area (Å²) in [6, 6.07) is 19.1. The smallest absolute Gasteiger partial charge is 0.351 e. The zero-order chi connectivity index (χ0) is 46.2. The number of unbranched alkanes of at least 4 members (excludes halogenated alkanes) is 1. The molecule has 3 aromatic rings. The normalized spacial score (nSPS) is 19.5. The number of benzene rings is 2. The number of hydrogen-bond acceptors (Lipinski definition) is 12. The molecule has 0 bridgehead atoms. The summed E-state index contributed by atoms with van der Waals surface area (Å²) >= 11 is 0. The van der Waals surface area contributed by atoms with E-state index in [1.807, 2.05) is 0 Å². The quantitative estimate of drug-likeness (QED) is 0.0550. The molecule has 2 aromatic carbocycles. The average molecular weight is 904 g/mol. The Balaban J connectivity index is 1.42. The lowest BCUT2D eigenvalue weighted by Crippen LogP contribution is -2.50. The van der Waals surface area contributed by atoms with Gasteiger partial charge in [0.2, 0.25) is 5.91 Å². The van der Waals surface area contributed by atoms with Crippen molar-refractivity contribution in [3.63, 3.8) is 0 Å². The molecule has 2 aliphatic heterocycles. The van der Waals surface area contributed by atoms with Crippen molar-refractivity contribution in [3.05, 3.63) is 94.0 Å². The molecule has 0 radical (unpaired) electrons. The van der Waals surface area contributed by atoms with Crippen LogP contribution in [0.1, 0.15) is 98.6 Å². The van der Waals surface area contributed by atoms with E-state index in [0.717, 1.165) is 4.90 Å². The fraction of sp³-hybridized carbons (Fsp3) is 0.533. The van der Waals surface area contributed by atoms with Gasteiger partial charge >= 0.3 is 5.69 Å². The SMILES string of the molecule is CC(C)N(C(C)C)P(CCCC#N)OC1[C@@H](COCCN(C)C(=O)CN2C(=O)c3ccccc3C2=O)O[C@@H](n2ccc(NC(=O)c3ccccc3)nc2=O)[C@H]1O[Si](C)(C)C(C)(C)C. The number of ether oxygens (including phenoxy) is 2. The molecule has 18 heteroatoms. The molecule has 3 heterocycles. The van der Waals surface area contributed by atoms with Crippen LogP contribution < -0.4 is 11.0 Å². The first-order chi connectivity index (χ1) is 29.7. The second-order valence-electron chi connectivity index (χ2n) is 17.8. The van der Waals surface area contributed by atoms with Gasteiger partial charge in [0, 0.05) is 50.0 Å². The van der Waals surface area contributed by atoms with E-state index in [2.05, 4.69) is 82.6 Å². The van der Waals surface area contributed by atoms with Gasteiger partial charge in [-0.25, -0.2) is 4.79 Å². The Morgan fingerprint density at radius 2 is 1.59 bits per heavy atom. The maximum atomic E-state index is 14.0. The molecule has 340 valence electrons. The van der Waals surface area contributed by atoms with E-state index in [4.69, 9.17) is 18.4 Å². The topological polar surface area (TPSA) is 186 Å². The fourth-order valence-corrected chi connectivity index (χ4v) is 10.9. The first kappa shape index (κ1) is 49.4. The van der Waals surface area contributed by atoms with E-state index < -0.39 is 77.0 Å². The summed E-state index contributed by atoms with van der Waals surface area (Å²) in [7, 11) is -2.36. The van der Waals surface area contributed by atoms with Gasteiger partial charge in [-0.2, -0.15) is 10.2 Å². The Bertz CT molecular complexity index is 2150. The molecule has 0 spiro atoms. The first-order valence-corrected chi connectivity index (χ1v) is 25.7. The standard InChI is InChI=1S/C45H62N7O9PSi/c1-30(2)52(31(3)4)62(27-17-16-23-46)60-38-35(29-58-26-25-49(8)37(53)28-51-41(55)33-20-14-15-21-34(33)42(51)56)59-43(39(38)61-63(9,10)45(5,6)7)50-24-22-36(48-44(50)57)47-40(54)32-18-12-11-13-19-32/h11-15,18-22,24,30-31,35,38-39,43H,16-17,25-29H2,1-10H3,(H,47,48,54,57)/t35-,38?,39+,43-,62?/m1/s1. The average Bonchev–Trinajstić information content (AvgIpc) is 3.67. The monoisotopic (exact) mass is 903 g/mol. The van der Waals surface area contributed by atoms with Crippen molar-refractivity contribution in [1.29, 1.82) is 5.26 Å². The molecule has 0 saturated carbocycles. The summed E-state index contributed by atoms with van der Waals surface area (Å²) in [5.74, 6) is -1.80. The molecular formula is C45H62N7O9PSi. The van der Waals surface area contributed by atoms with Gasteiger partial charge in [0.05, 0.1) is 30.4 Å². The summed E-state index contributed by atoms with van der Waals surface area (Å²) < 4.78 is 31.1. The molecule has 5 rings (SSSR count).